The molecule has 0 aliphatic carbocycles. The Hall–Kier alpha value is -0.120. The number of hydrogen-bond acceptors (Lipinski definition) is 3. The molecule has 2 rings (SSSR count). The molecule has 0 atom stereocenters. The monoisotopic (exact) mass is 282 g/mol. The van der Waals surface area contributed by atoms with Gasteiger partial charge in [-0.3, -0.25) is 0 Å². The molecular weight excluding hydrogens is 248 g/mol. The Bertz CT molecular complexity index is 261. The lowest BCUT2D eigenvalue weighted by molar-refractivity contribution is -0.00544. The zero-order chi connectivity index (χ0) is 14.4. The molecule has 2 aliphatic heterocycles. The third-order valence-electron chi connectivity index (χ3n) is 4.72. The molecule has 0 aromatic carbocycles. The first-order chi connectivity index (χ1) is 9.53. The molecule has 3 heteroatoms. The van der Waals surface area contributed by atoms with Crippen molar-refractivity contribution in [1.29, 1.82) is 0 Å². The van der Waals surface area contributed by atoms with E-state index < -0.39 is 0 Å². The van der Waals surface area contributed by atoms with E-state index in [1.165, 1.54) is 64.8 Å². The first kappa shape index (κ1) is 16.3. The minimum Gasteiger partial charge on any atom is -0.378 e. The van der Waals surface area contributed by atoms with Gasteiger partial charge in [-0.1, -0.05) is 20.8 Å². The van der Waals surface area contributed by atoms with Crippen LogP contribution in [0.3, 0.4) is 0 Å². The van der Waals surface area contributed by atoms with E-state index in [0.29, 0.717) is 11.5 Å². The number of nitrogens with zero attached hydrogens (tertiary/aromatic N) is 1. The Morgan fingerprint density at radius 3 is 2.30 bits per heavy atom. The van der Waals surface area contributed by atoms with Gasteiger partial charge in [0, 0.05) is 26.2 Å². The molecule has 118 valence electrons. The van der Waals surface area contributed by atoms with Crippen LogP contribution in [0.2, 0.25) is 0 Å². The van der Waals surface area contributed by atoms with Gasteiger partial charge < -0.3 is 15.0 Å². The van der Waals surface area contributed by atoms with Gasteiger partial charge >= 0.3 is 0 Å². The van der Waals surface area contributed by atoms with E-state index in [9.17, 15) is 0 Å². The summed E-state index contributed by atoms with van der Waals surface area (Å²) in [5.74, 6) is 0.926. The molecule has 2 fully saturated rings. The minimum absolute atomic E-state index is 0.399. The second kappa shape index (κ2) is 7.77. The zero-order valence-corrected chi connectivity index (χ0v) is 13.8. The average Bonchev–Trinajstić information content (AvgIpc) is 2.41. The third-order valence-corrected chi connectivity index (χ3v) is 4.72. The maximum Gasteiger partial charge on any atom is 0.0599 e. The maximum absolute atomic E-state index is 6.06. The smallest absolute Gasteiger partial charge is 0.0599 e. The average molecular weight is 282 g/mol. The molecule has 1 N–H and O–H groups in total. The van der Waals surface area contributed by atoms with Crippen molar-refractivity contribution in [3.05, 3.63) is 0 Å². The molecule has 0 unspecified atom stereocenters. The topological polar surface area (TPSA) is 24.5 Å². The summed E-state index contributed by atoms with van der Waals surface area (Å²) in [4.78, 5) is 2.67. The number of hydrogen-bond donors (Lipinski definition) is 1. The van der Waals surface area contributed by atoms with Crippen LogP contribution in [0.5, 0.6) is 0 Å². The fourth-order valence-electron chi connectivity index (χ4n) is 3.22. The van der Waals surface area contributed by atoms with Crippen LogP contribution < -0.4 is 5.32 Å². The van der Waals surface area contributed by atoms with Gasteiger partial charge in [0.2, 0.25) is 0 Å². The maximum atomic E-state index is 6.06. The third kappa shape index (κ3) is 6.11. The van der Waals surface area contributed by atoms with Gasteiger partial charge in [-0.2, -0.15) is 0 Å². The normalized spacial score (nSPS) is 24.1. The van der Waals surface area contributed by atoms with Gasteiger partial charge in [-0.05, 0) is 56.5 Å². The lowest BCUT2D eigenvalue weighted by Crippen LogP contribution is -2.42. The molecule has 2 heterocycles. The Morgan fingerprint density at radius 2 is 1.70 bits per heavy atom. The van der Waals surface area contributed by atoms with Crippen molar-refractivity contribution in [1.82, 2.24) is 10.2 Å². The van der Waals surface area contributed by atoms with Gasteiger partial charge in [-0.15, -0.1) is 0 Å². The van der Waals surface area contributed by atoms with Crippen LogP contribution in [0.4, 0.5) is 0 Å². The van der Waals surface area contributed by atoms with Crippen molar-refractivity contribution in [3.63, 3.8) is 0 Å². The molecule has 0 bridgehead atoms. The molecule has 0 aromatic heterocycles. The molecule has 0 saturated carbocycles. The second-order valence-corrected chi connectivity index (χ2v) is 7.87. The highest BCUT2D eigenvalue weighted by Gasteiger charge is 2.23. The summed E-state index contributed by atoms with van der Waals surface area (Å²) in [6, 6.07) is 0. The van der Waals surface area contributed by atoms with Crippen molar-refractivity contribution in [3.8, 4) is 0 Å². The standard InChI is InChI=1S/C17H34N2O/c1-17(2,3)8-13-20-16-6-11-19(12-7-16)14-15-4-9-18-10-5-15/h15-16,18H,4-14H2,1-3H3. The second-order valence-electron chi connectivity index (χ2n) is 7.87. The fourth-order valence-corrected chi connectivity index (χ4v) is 3.22. The summed E-state index contributed by atoms with van der Waals surface area (Å²) in [5.41, 5.74) is 0.399. The van der Waals surface area contributed by atoms with Crippen molar-refractivity contribution < 1.29 is 4.74 Å². The molecule has 0 spiro atoms. The summed E-state index contributed by atoms with van der Waals surface area (Å²) in [6.07, 6.45) is 6.87. The van der Waals surface area contributed by atoms with Crippen LogP contribution in [0, 0.1) is 11.3 Å². The van der Waals surface area contributed by atoms with Crippen molar-refractivity contribution >= 4 is 0 Å². The molecule has 3 nitrogen and oxygen atoms in total. The summed E-state index contributed by atoms with van der Waals surface area (Å²) in [7, 11) is 0. The van der Waals surface area contributed by atoms with E-state index in [1.807, 2.05) is 0 Å². The largest absolute Gasteiger partial charge is 0.378 e. The van der Waals surface area contributed by atoms with Gasteiger partial charge in [-0.25, -0.2) is 0 Å². The van der Waals surface area contributed by atoms with Gasteiger partial charge in [0.25, 0.3) is 0 Å². The number of ether oxygens (including phenoxy) is 1. The predicted molar refractivity (Wildman–Crippen MR) is 85.1 cm³/mol. The van der Waals surface area contributed by atoms with Crippen LogP contribution in [0.1, 0.15) is 52.9 Å². The number of rotatable bonds is 5. The van der Waals surface area contributed by atoms with E-state index in [-0.39, 0.29) is 0 Å². The number of nitrogens with one attached hydrogen (secondary N) is 1. The van der Waals surface area contributed by atoms with E-state index in [4.69, 9.17) is 4.74 Å². The number of likely N-dealkylation sites (tertiary alicyclic amines) is 1. The lowest BCUT2D eigenvalue weighted by atomic mass is 9.93. The zero-order valence-electron chi connectivity index (χ0n) is 13.8. The Kier molecular flexibility index (Phi) is 6.31. The number of piperidine rings is 2. The Labute approximate surface area is 125 Å². The van der Waals surface area contributed by atoms with Crippen LogP contribution in [-0.2, 0) is 4.74 Å². The van der Waals surface area contributed by atoms with E-state index in [2.05, 4.69) is 31.0 Å². The van der Waals surface area contributed by atoms with Gasteiger partial charge in [0.1, 0.15) is 0 Å². The quantitative estimate of drug-likeness (QED) is 0.839. The first-order valence-corrected chi connectivity index (χ1v) is 8.57. The molecule has 2 aliphatic rings. The van der Waals surface area contributed by atoms with Crippen LogP contribution in [0.15, 0.2) is 0 Å². The summed E-state index contributed by atoms with van der Waals surface area (Å²) in [6.45, 7) is 14.0. The highest BCUT2D eigenvalue weighted by atomic mass is 16.5. The SMILES string of the molecule is CC(C)(C)CCOC1CCN(CC2CCNCC2)CC1. The van der Waals surface area contributed by atoms with Crippen molar-refractivity contribution in [2.75, 3.05) is 39.3 Å². The van der Waals surface area contributed by atoms with Gasteiger partial charge in [0.15, 0.2) is 0 Å². The molecule has 0 amide bonds. The minimum atomic E-state index is 0.399. The van der Waals surface area contributed by atoms with Crippen molar-refractivity contribution in [2.24, 2.45) is 11.3 Å². The van der Waals surface area contributed by atoms with Crippen LogP contribution in [-0.4, -0.2) is 50.3 Å². The van der Waals surface area contributed by atoms with E-state index in [1.54, 1.807) is 0 Å². The summed E-state index contributed by atoms with van der Waals surface area (Å²) < 4.78 is 6.06. The van der Waals surface area contributed by atoms with Crippen LogP contribution >= 0.6 is 0 Å². The van der Waals surface area contributed by atoms with E-state index >= 15 is 0 Å². The fraction of sp³-hybridized carbons (Fsp3) is 1.00. The predicted octanol–water partition coefficient (Wildman–Crippen LogP) is 2.90. The summed E-state index contributed by atoms with van der Waals surface area (Å²) in [5, 5.41) is 3.46. The highest BCUT2D eigenvalue weighted by Crippen LogP contribution is 2.21. The first-order valence-electron chi connectivity index (χ1n) is 8.57. The van der Waals surface area contributed by atoms with E-state index in [0.717, 1.165) is 12.5 Å². The van der Waals surface area contributed by atoms with Crippen LogP contribution in [0.25, 0.3) is 0 Å². The van der Waals surface area contributed by atoms with Crippen molar-refractivity contribution in [2.45, 2.75) is 59.0 Å². The molecule has 2 saturated heterocycles. The molecule has 20 heavy (non-hydrogen) atoms. The van der Waals surface area contributed by atoms with Gasteiger partial charge in [0.05, 0.1) is 6.10 Å². The summed E-state index contributed by atoms with van der Waals surface area (Å²) >= 11 is 0. The molecule has 0 radical (unpaired) electrons. The Morgan fingerprint density at radius 1 is 1.05 bits per heavy atom. The molecule has 0 aromatic rings. The lowest BCUT2D eigenvalue weighted by Gasteiger charge is -2.35. The Balaban J connectivity index is 1.57. The highest BCUT2D eigenvalue weighted by molar-refractivity contribution is 4.77. The molecular formula is C17H34N2O.